The van der Waals surface area contributed by atoms with Crippen LogP contribution < -0.4 is 4.74 Å². The van der Waals surface area contributed by atoms with Crippen LogP contribution in [-0.2, 0) is 24.1 Å². The van der Waals surface area contributed by atoms with E-state index in [-0.39, 0.29) is 24.4 Å². The van der Waals surface area contributed by atoms with Gasteiger partial charge in [-0.25, -0.2) is 4.68 Å². The van der Waals surface area contributed by atoms with Crippen LogP contribution in [0.5, 0.6) is 5.75 Å². The summed E-state index contributed by atoms with van der Waals surface area (Å²) in [6.07, 6.45) is -4.61. The highest BCUT2D eigenvalue weighted by Gasteiger charge is 2.31. The van der Waals surface area contributed by atoms with Crippen molar-refractivity contribution in [2.45, 2.75) is 25.4 Å². The van der Waals surface area contributed by atoms with Gasteiger partial charge in [0.25, 0.3) is 5.89 Å². The summed E-state index contributed by atoms with van der Waals surface area (Å²) >= 11 is 0. The quantitative estimate of drug-likeness (QED) is 0.465. The number of alkyl halides is 3. The summed E-state index contributed by atoms with van der Waals surface area (Å²) in [5.41, 5.74) is 1.68. The third kappa shape index (κ3) is 3.71. The summed E-state index contributed by atoms with van der Waals surface area (Å²) in [4.78, 5) is 4.27. The number of halogens is 3. The Labute approximate surface area is 179 Å². The molecule has 0 spiro atoms. The molecule has 0 radical (unpaired) electrons. The number of benzene rings is 2. The number of hydrogen-bond acceptors (Lipinski definition) is 7. The molecule has 0 aliphatic carbocycles. The van der Waals surface area contributed by atoms with Gasteiger partial charge in [0, 0.05) is 5.56 Å². The zero-order chi connectivity index (χ0) is 22.3. The van der Waals surface area contributed by atoms with E-state index < -0.39 is 11.7 Å². The van der Waals surface area contributed by atoms with E-state index in [4.69, 9.17) is 14.0 Å². The molecule has 8 nitrogen and oxygen atoms in total. The minimum atomic E-state index is -4.41. The van der Waals surface area contributed by atoms with Gasteiger partial charge in [-0.1, -0.05) is 34.6 Å². The first kappa shape index (κ1) is 20.2. The minimum absolute atomic E-state index is 0.118. The molecule has 11 heteroatoms. The molecular weight excluding hydrogens is 427 g/mol. The molecule has 2 aromatic carbocycles. The van der Waals surface area contributed by atoms with E-state index in [1.54, 1.807) is 11.8 Å². The molecule has 0 fully saturated rings. The second-order valence-corrected chi connectivity index (χ2v) is 7.14. The van der Waals surface area contributed by atoms with Crippen molar-refractivity contribution in [3.63, 3.8) is 0 Å². The number of rotatable bonds is 4. The van der Waals surface area contributed by atoms with Gasteiger partial charge in [-0.3, -0.25) is 0 Å². The van der Waals surface area contributed by atoms with Crippen LogP contribution in [0.3, 0.4) is 0 Å². The van der Waals surface area contributed by atoms with Gasteiger partial charge in [0.1, 0.15) is 11.9 Å². The normalized spacial score (nSPS) is 16.1. The van der Waals surface area contributed by atoms with E-state index in [0.717, 1.165) is 23.4 Å². The molecule has 4 aromatic rings. The van der Waals surface area contributed by atoms with E-state index >= 15 is 0 Å². The molecule has 0 bridgehead atoms. The predicted octanol–water partition coefficient (Wildman–Crippen LogP) is 4.29. The van der Waals surface area contributed by atoms with Gasteiger partial charge in [-0.05, 0) is 29.8 Å². The van der Waals surface area contributed by atoms with Crippen molar-refractivity contribution in [2.24, 2.45) is 0 Å². The Balaban J connectivity index is 1.36. The maximum Gasteiger partial charge on any atom is 0.416 e. The van der Waals surface area contributed by atoms with Crippen LogP contribution in [0.4, 0.5) is 13.2 Å². The molecule has 32 heavy (non-hydrogen) atoms. The van der Waals surface area contributed by atoms with Crippen molar-refractivity contribution in [2.75, 3.05) is 7.11 Å². The standard InChI is InChI=1S/C21H16F3N5O3/c1-30-15-8-4-12(5-9-15)17-10-29-16(11-31-17)18(26-28-29)20-25-19(27-32-20)13-2-6-14(7-3-13)21(22,23)24/h2-9,17H,10-11H2,1H3/t17-/m1/s1. The summed E-state index contributed by atoms with van der Waals surface area (Å²) < 4.78 is 56.4. The molecule has 1 aliphatic heterocycles. The van der Waals surface area contributed by atoms with Crippen molar-refractivity contribution in [1.29, 1.82) is 0 Å². The van der Waals surface area contributed by atoms with Gasteiger partial charge in [-0.2, -0.15) is 18.2 Å². The average molecular weight is 443 g/mol. The molecule has 0 unspecified atom stereocenters. The van der Waals surface area contributed by atoms with Crippen molar-refractivity contribution in [3.8, 4) is 28.7 Å². The lowest BCUT2D eigenvalue weighted by molar-refractivity contribution is -0.137. The lowest BCUT2D eigenvalue weighted by atomic mass is 10.1. The number of ether oxygens (including phenoxy) is 2. The molecule has 0 saturated carbocycles. The second-order valence-electron chi connectivity index (χ2n) is 7.14. The fourth-order valence-corrected chi connectivity index (χ4v) is 3.44. The summed E-state index contributed by atoms with van der Waals surface area (Å²) in [6.45, 7) is 0.686. The van der Waals surface area contributed by atoms with Crippen LogP contribution in [-0.4, -0.2) is 32.2 Å². The van der Waals surface area contributed by atoms with Gasteiger partial charge in [0.05, 0.1) is 31.5 Å². The van der Waals surface area contributed by atoms with E-state index in [1.807, 2.05) is 24.3 Å². The number of fused-ring (bicyclic) bond motifs is 1. The fraction of sp³-hybridized carbons (Fsp3) is 0.238. The monoisotopic (exact) mass is 443 g/mol. The Morgan fingerprint density at radius 1 is 1.06 bits per heavy atom. The SMILES string of the molecule is COc1ccc([C@H]2Cn3nnc(-c4nc(-c5ccc(C(F)(F)F)cc5)no4)c3CO2)cc1. The molecule has 5 rings (SSSR count). The topological polar surface area (TPSA) is 88.1 Å². The van der Waals surface area contributed by atoms with Crippen LogP contribution >= 0.6 is 0 Å². The zero-order valence-corrected chi connectivity index (χ0v) is 16.7. The maximum atomic E-state index is 12.8. The van der Waals surface area contributed by atoms with Gasteiger partial charge < -0.3 is 14.0 Å². The molecule has 0 saturated heterocycles. The molecular formula is C21H16F3N5O3. The van der Waals surface area contributed by atoms with Crippen molar-refractivity contribution < 1.29 is 27.2 Å². The first-order valence-corrected chi connectivity index (χ1v) is 9.62. The first-order chi connectivity index (χ1) is 15.4. The molecule has 3 heterocycles. The highest BCUT2D eigenvalue weighted by molar-refractivity contribution is 5.59. The molecule has 2 aromatic heterocycles. The average Bonchev–Trinajstić information content (AvgIpc) is 3.45. The van der Waals surface area contributed by atoms with E-state index in [9.17, 15) is 13.2 Å². The Morgan fingerprint density at radius 2 is 1.81 bits per heavy atom. The summed E-state index contributed by atoms with van der Waals surface area (Å²) in [6, 6.07) is 12.1. The minimum Gasteiger partial charge on any atom is -0.497 e. The highest BCUT2D eigenvalue weighted by atomic mass is 19.4. The fourth-order valence-electron chi connectivity index (χ4n) is 3.44. The zero-order valence-electron chi connectivity index (χ0n) is 16.7. The smallest absolute Gasteiger partial charge is 0.416 e. The van der Waals surface area contributed by atoms with Crippen molar-refractivity contribution in [1.82, 2.24) is 25.1 Å². The molecule has 1 atom stereocenters. The highest BCUT2D eigenvalue weighted by Crippen LogP contribution is 2.33. The predicted molar refractivity (Wildman–Crippen MR) is 104 cm³/mol. The van der Waals surface area contributed by atoms with Gasteiger partial charge in [0.2, 0.25) is 5.82 Å². The van der Waals surface area contributed by atoms with Crippen LogP contribution in [0.25, 0.3) is 23.0 Å². The lowest BCUT2D eigenvalue weighted by Crippen LogP contribution is -2.22. The van der Waals surface area contributed by atoms with Gasteiger partial charge >= 0.3 is 6.18 Å². The third-order valence-corrected chi connectivity index (χ3v) is 5.18. The number of nitrogens with zero attached hydrogens (tertiary/aromatic N) is 5. The maximum absolute atomic E-state index is 12.8. The van der Waals surface area contributed by atoms with Crippen LogP contribution in [0.2, 0.25) is 0 Å². The van der Waals surface area contributed by atoms with Crippen molar-refractivity contribution in [3.05, 3.63) is 65.4 Å². The molecule has 0 N–H and O–H groups in total. The number of aromatic nitrogens is 5. The third-order valence-electron chi connectivity index (χ3n) is 5.18. The molecule has 164 valence electrons. The van der Waals surface area contributed by atoms with E-state index in [1.165, 1.54) is 12.1 Å². The Kier molecular flexibility index (Phi) is 4.89. The summed E-state index contributed by atoms with van der Waals surface area (Å²) in [5.74, 6) is 1.03. The lowest BCUT2D eigenvalue weighted by Gasteiger charge is -2.24. The number of methoxy groups -OCH3 is 1. The van der Waals surface area contributed by atoms with Crippen LogP contribution in [0, 0.1) is 0 Å². The van der Waals surface area contributed by atoms with Crippen molar-refractivity contribution >= 4 is 0 Å². The Bertz CT molecular complexity index is 1230. The van der Waals surface area contributed by atoms with Gasteiger partial charge in [0.15, 0.2) is 5.69 Å². The first-order valence-electron chi connectivity index (χ1n) is 9.62. The van der Waals surface area contributed by atoms with Crippen LogP contribution in [0.1, 0.15) is 22.9 Å². The summed E-state index contributed by atoms with van der Waals surface area (Å²) in [5, 5.41) is 12.2. The van der Waals surface area contributed by atoms with E-state index in [0.29, 0.717) is 23.5 Å². The Hall–Kier alpha value is -3.73. The van der Waals surface area contributed by atoms with Crippen LogP contribution in [0.15, 0.2) is 53.1 Å². The van der Waals surface area contributed by atoms with Gasteiger partial charge in [-0.15, -0.1) is 5.10 Å². The largest absolute Gasteiger partial charge is 0.497 e. The molecule has 0 amide bonds. The molecule has 1 aliphatic rings. The number of hydrogen-bond donors (Lipinski definition) is 0. The van der Waals surface area contributed by atoms with E-state index in [2.05, 4.69) is 20.5 Å². The Morgan fingerprint density at radius 3 is 2.50 bits per heavy atom. The second kappa shape index (κ2) is 7.75. The summed E-state index contributed by atoms with van der Waals surface area (Å²) in [7, 11) is 1.61.